The average Bonchev–Trinajstić information content (AvgIpc) is 3.36. The Labute approximate surface area is 178 Å². The maximum Gasteiger partial charge on any atom is 0.333 e. The summed E-state index contributed by atoms with van der Waals surface area (Å²) in [6.07, 6.45) is 1.37. The molecular weight excluding hydrogens is 399 g/mol. The molecule has 0 bridgehead atoms. The lowest BCUT2D eigenvalue weighted by Gasteiger charge is -2.09. The van der Waals surface area contributed by atoms with Crippen molar-refractivity contribution in [3.63, 3.8) is 0 Å². The van der Waals surface area contributed by atoms with Crippen LogP contribution in [0.4, 0.5) is 4.39 Å². The molecule has 0 saturated carbocycles. The summed E-state index contributed by atoms with van der Waals surface area (Å²) in [5.41, 5.74) is 4.68. The maximum absolute atomic E-state index is 13.5. The van der Waals surface area contributed by atoms with Crippen molar-refractivity contribution in [2.24, 2.45) is 0 Å². The number of hydrogen-bond acceptors (Lipinski definition) is 3. The summed E-state index contributed by atoms with van der Waals surface area (Å²) >= 11 is 1.64. The zero-order chi connectivity index (χ0) is 21.1. The van der Waals surface area contributed by atoms with Gasteiger partial charge in [-0.3, -0.25) is 9.13 Å². The number of hydrogen-bond donors (Lipinski definition) is 0. The summed E-state index contributed by atoms with van der Waals surface area (Å²) in [7, 11) is 1.63. The van der Waals surface area contributed by atoms with Crippen LogP contribution in [0.15, 0.2) is 70.2 Å². The van der Waals surface area contributed by atoms with Crippen LogP contribution in [0.25, 0.3) is 5.69 Å². The molecule has 0 aliphatic rings. The quantitative estimate of drug-likeness (QED) is 0.418. The Bertz CT molecular complexity index is 1170. The first kappa shape index (κ1) is 20.2. The molecule has 2 aromatic heterocycles. The Balaban J connectivity index is 1.84. The lowest BCUT2D eigenvalue weighted by atomic mass is 10.1. The molecule has 0 unspecified atom stereocenters. The van der Waals surface area contributed by atoms with Crippen molar-refractivity contribution in [1.82, 2.24) is 9.13 Å². The SMILES string of the molecule is CCc1c(Cc2ccsc2)n(-c2ccc(F)cc2)c(=O)n1Cc1ccc(OC)cc1. The summed E-state index contributed by atoms with van der Waals surface area (Å²) in [5.74, 6) is 0.461. The van der Waals surface area contributed by atoms with Crippen LogP contribution in [0.5, 0.6) is 5.75 Å². The van der Waals surface area contributed by atoms with Crippen molar-refractivity contribution in [3.8, 4) is 11.4 Å². The van der Waals surface area contributed by atoms with Gasteiger partial charge in [0.1, 0.15) is 11.6 Å². The molecule has 2 heterocycles. The van der Waals surface area contributed by atoms with Gasteiger partial charge in [-0.05, 0) is 70.8 Å². The van der Waals surface area contributed by atoms with Crippen LogP contribution in [0.1, 0.15) is 29.4 Å². The number of ether oxygens (including phenoxy) is 1. The van der Waals surface area contributed by atoms with Gasteiger partial charge in [-0.25, -0.2) is 9.18 Å². The minimum Gasteiger partial charge on any atom is -0.497 e. The normalized spacial score (nSPS) is 11.0. The van der Waals surface area contributed by atoms with Gasteiger partial charge >= 0.3 is 5.69 Å². The molecule has 0 atom stereocenters. The third-order valence-electron chi connectivity index (χ3n) is 5.22. The van der Waals surface area contributed by atoms with Crippen LogP contribution in [-0.4, -0.2) is 16.2 Å². The number of halogens is 1. The van der Waals surface area contributed by atoms with E-state index in [2.05, 4.69) is 18.4 Å². The Kier molecular flexibility index (Phi) is 5.86. The van der Waals surface area contributed by atoms with Crippen LogP contribution in [-0.2, 0) is 19.4 Å². The zero-order valence-corrected chi connectivity index (χ0v) is 17.8. The van der Waals surface area contributed by atoms with Gasteiger partial charge in [0.05, 0.1) is 25.0 Å². The van der Waals surface area contributed by atoms with E-state index in [1.54, 1.807) is 35.1 Å². The molecule has 4 rings (SSSR count). The number of benzene rings is 2. The molecule has 0 fully saturated rings. The van der Waals surface area contributed by atoms with Crippen LogP contribution in [0.2, 0.25) is 0 Å². The molecule has 0 amide bonds. The van der Waals surface area contributed by atoms with Gasteiger partial charge in [-0.1, -0.05) is 19.1 Å². The molecule has 0 spiro atoms. The molecule has 4 aromatic rings. The number of aromatic nitrogens is 2. The molecule has 2 aromatic carbocycles. The topological polar surface area (TPSA) is 36.2 Å². The largest absolute Gasteiger partial charge is 0.497 e. The molecule has 0 saturated heterocycles. The highest BCUT2D eigenvalue weighted by Crippen LogP contribution is 2.22. The Morgan fingerprint density at radius 3 is 2.30 bits per heavy atom. The molecule has 30 heavy (non-hydrogen) atoms. The van der Waals surface area contributed by atoms with Crippen molar-refractivity contribution in [1.29, 1.82) is 0 Å². The summed E-state index contributed by atoms with van der Waals surface area (Å²) in [5, 5.41) is 4.13. The average molecular weight is 423 g/mol. The number of thiophene rings is 1. The van der Waals surface area contributed by atoms with Crippen molar-refractivity contribution in [2.45, 2.75) is 26.3 Å². The van der Waals surface area contributed by atoms with Gasteiger partial charge in [0.15, 0.2) is 0 Å². The van der Waals surface area contributed by atoms with Crippen LogP contribution < -0.4 is 10.4 Å². The van der Waals surface area contributed by atoms with E-state index in [0.29, 0.717) is 18.7 Å². The number of rotatable bonds is 7. The molecule has 0 aliphatic heterocycles. The molecule has 0 N–H and O–H groups in total. The lowest BCUT2D eigenvalue weighted by molar-refractivity contribution is 0.414. The number of nitrogens with zero attached hydrogens (tertiary/aromatic N) is 2. The highest BCUT2D eigenvalue weighted by atomic mass is 32.1. The fourth-order valence-electron chi connectivity index (χ4n) is 3.73. The van der Waals surface area contributed by atoms with Gasteiger partial charge in [0.2, 0.25) is 0 Å². The van der Waals surface area contributed by atoms with E-state index in [-0.39, 0.29) is 11.5 Å². The number of imidazole rings is 1. The Morgan fingerprint density at radius 1 is 0.967 bits per heavy atom. The van der Waals surface area contributed by atoms with E-state index in [9.17, 15) is 9.18 Å². The van der Waals surface area contributed by atoms with Gasteiger partial charge < -0.3 is 4.74 Å². The standard InChI is InChI=1S/C24H23FN2O2S/c1-3-22-23(14-18-12-13-30-16-18)27(20-8-6-19(25)7-9-20)24(28)26(22)15-17-4-10-21(29-2)11-5-17/h4-13,16H,3,14-15H2,1-2H3. The number of methoxy groups -OCH3 is 1. The van der Waals surface area contributed by atoms with Crippen molar-refractivity contribution in [3.05, 3.63) is 104 Å². The van der Waals surface area contributed by atoms with Gasteiger partial charge in [-0.2, -0.15) is 11.3 Å². The third kappa shape index (κ3) is 3.96. The van der Waals surface area contributed by atoms with E-state index in [0.717, 1.165) is 34.7 Å². The first-order valence-corrected chi connectivity index (χ1v) is 10.8. The smallest absolute Gasteiger partial charge is 0.333 e. The highest BCUT2D eigenvalue weighted by Gasteiger charge is 2.20. The fraction of sp³-hybridized carbons (Fsp3) is 0.208. The minimum atomic E-state index is -0.320. The maximum atomic E-state index is 13.5. The third-order valence-corrected chi connectivity index (χ3v) is 5.95. The molecule has 0 radical (unpaired) electrons. The van der Waals surface area contributed by atoms with Crippen LogP contribution >= 0.6 is 11.3 Å². The molecule has 4 nitrogen and oxygen atoms in total. The van der Waals surface area contributed by atoms with E-state index >= 15 is 0 Å². The fourth-order valence-corrected chi connectivity index (χ4v) is 4.40. The zero-order valence-electron chi connectivity index (χ0n) is 17.0. The van der Waals surface area contributed by atoms with Gasteiger partial charge in [0, 0.05) is 12.1 Å². The predicted molar refractivity (Wildman–Crippen MR) is 119 cm³/mol. The first-order chi connectivity index (χ1) is 14.6. The van der Waals surface area contributed by atoms with Gasteiger partial charge in [-0.15, -0.1) is 0 Å². The highest BCUT2D eigenvalue weighted by molar-refractivity contribution is 7.07. The first-order valence-electron chi connectivity index (χ1n) is 9.84. The second-order valence-electron chi connectivity index (χ2n) is 7.08. The van der Waals surface area contributed by atoms with E-state index < -0.39 is 0 Å². The predicted octanol–water partition coefficient (Wildman–Crippen LogP) is 5.05. The van der Waals surface area contributed by atoms with Crippen molar-refractivity contribution in [2.75, 3.05) is 7.11 Å². The van der Waals surface area contributed by atoms with Crippen LogP contribution in [0.3, 0.4) is 0 Å². The molecule has 6 heteroatoms. The van der Waals surface area contributed by atoms with Crippen molar-refractivity contribution >= 4 is 11.3 Å². The second-order valence-corrected chi connectivity index (χ2v) is 7.86. The molecular formula is C24H23FN2O2S. The summed E-state index contributed by atoms with van der Waals surface area (Å²) in [4.78, 5) is 13.5. The van der Waals surface area contributed by atoms with Gasteiger partial charge in [0.25, 0.3) is 0 Å². The summed E-state index contributed by atoms with van der Waals surface area (Å²) < 4.78 is 22.3. The summed E-state index contributed by atoms with van der Waals surface area (Å²) in [6, 6.07) is 15.9. The summed E-state index contributed by atoms with van der Waals surface area (Å²) in [6.45, 7) is 2.53. The monoisotopic (exact) mass is 422 g/mol. The van der Waals surface area contributed by atoms with E-state index in [1.165, 1.54) is 12.1 Å². The lowest BCUT2D eigenvalue weighted by Crippen LogP contribution is -2.25. The Hall–Kier alpha value is -3.12. The van der Waals surface area contributed by atoms with Crippen LogP contribution in [0, 0.1) is 5.82 Å². The minimum absolute atomic E-state index is 0.112. The molecule has 0 aliphatic carbocycles. The molecule has 154 valence electrons. The Morgan fingerprint density at radius 2 is 1.70 bits per heavy atom. The second kappa shape index (κ2) is 8.71. The van der Waals surface area contributed by atoms with E-state index in [1.807, 2.05) is 34.2 Å². The van der Waals surface area contributed by atoms with E-state index in [4.69, 9.17) is 4.74 Å². The van der Waals surface area contributed by atoms with Crippen molar-refractivity contribution < 1.29 is 9.13 Å².